The lowest BCUT2D eigenvalue weighted by Crippen LogP contribution is -2.50. The van der Waals surface area contributed by atoms with Gasteiger partial charge >= 0.3 is 0 Å². The predicted octanol–water partition coefficient (Wildman–Crippen LogP) is 1.09. The summed E-state index contributed by atoms with van der Waals surface area (Å²) in [6.45, 7) is 5.49. The van der Waals surface area contributed by atoms with Crippen molar-refractivity contribution >= 4 is 55.1 Å². The van der Waals surface area contributed by atoms with Gasteiger partial charge in [-0.05, 0) is 19.4 Å². The molecule has 8 nitrogen and oxygen atoms in total. The smallest absolute Gasteiger partial charge is 0.233 e. The van der Waals surface area contributed by atoms with Gasteiger partial charge in [-0.2, -0.15) is 4.31 Å². The van der Waals surface area contributed by atoms with Gasteiger partial charge in [0.2, 0.25) is 15.9 Å². The molecule has 3 heterocycles. The molecule has 2 N–H and O–H groups in total. The molecular formula is C15H21N5O3S3. The van der Waals surface area contributed by atoms with Crippen LogP contribution in [0.2, 0.25) is 0 Å². The van der Waals surface area contributed by atoms with E-state index >= 15 is 0 Å². The molecule has 0 saturated carbocycles. The van der Waals surface area contributed by atoms with E-state index in [-0.39, 0.29) is 11.7 Å². The summed E-state index contributed by atoms with van der Waals surface area (Å²) in [5.74, 6) is 0.588. The summed E-state index contributed by atoms with van der Waals surface area (Å²) in [6.07, 6.45) is 1.19. The molecule has 1 aliphatic rings. The van der Waals surface area contributed by atoms with E-state index in [0.29, 0.717) is 37.2 Å². The van der Waals surface area contributed by atoms with Crippen LogP contribution in [0.15, 0.2) is 5.16 Å². The summed E-state index contributed by atoms with van der Waals surface area (Å²) in [5, 5.41) is 1.37. The molecule has 1 amide bonds. The SMILES string of the molecule is Cc1sc2nc(SCC(=O)N3CCN(S(C)(=O)=O)CC3)nc(N)c2c1C. The topological polar surface area (TPSA) is 109 Å². The fraction of sp³-hybridized carbons (Fsp3) is 0.533. The summed E-state index contributed by atoms with van der Waals surface area (Å²) in [6, 6.07) is 0. The number of piperazine rings is 1. The number of fused-ring (bicyclic) bond motifs is 1. The number of rotatable bonds is 4. The Bertz CT molecular complexity index is 949. The van der Waals surface area contributed by atoms with Crippen molar-refractivity contribution in [2.24, 2.45) is 0 Å². The van der Waals surface area contributed by atoms with E-state index in [0.717, 1.165) is 20.7 Å². The predicted molar refractivity (Wildman–Crippen MR) is 105 cm³/mol. The Balaban J connectivity index is 1.63. The standard InChI is InChI=1S/C15H21N5O3S3/c1-9-10(2)25-14-12(9)13(16)17-15(18-14)24-8-11(21)19-4-6-20(7-5-19)26(3,22)23/h4-8H2,1-3H3,(H2,16,17,18). The second-order valence-corrected chi connectivity index (χ2v) is 10.3. The molecule has 0 atom stereocenters. The second-order valence-electron chi connectivity index (χ2n) is 6.19. The lowest BCUT2D eigenvalue weighted by molar-refractivity contribution is -0.129. The molecule has 0 aliphatic carbocycles. The quantitative estimate of drug-likeness (QED) is 0.588. The van der Waals surface area contributed by atoms with Crippen molar-refractivity contribution in [3.8, 4) is 0 Å². The second kappa shape index (κ2) is 7.29. The molecule has 0 radical (unpaired) electrons. The molecule has 2 aromatic rings. The normalized spacial score (nSPS) is 16.3. The van der Waals surface area contributed by atoms with E-state index in [1.807, 2.05) is 13.8 Å². The number of aromatic nitrogens is 2. The number of thioether (sulfide) groups is 1. The minimum absolute atomic E-state index is 0.0519. The van der Waals surface area contributed by atoms with Crippen molar-refractivity contribution < 1.29 is 13.2 Å². The fourth-order valence-corrected chi connectivity index (χ4v) is 5.49. The van der Waals surface area contributed by atoms with E-state index in [9.17, 15) is 13.2 Å². The number of amides is 1. The first-order chi connectivity index (χ1) is 12.2. The number of sulfonamides is 1. The molecule has 1 aliphatic heterocycles. The monoisotopic (exact) mass is 415 g/mol. The average molecular weight is 416 g/mol. The minimum Gasteiger partial charge on any atom is -0.383 e. The van der Waals surface area contributed by atoms with Crippen LogP contribution in [0.4, 0.5) is 5.82 Å². The molecular weight excluding hydrogens is 394 g/mol. The largest absolute Gasteiger partial charge is 0.383 e. The highest BCUT2D eigenvalue weighted by Gasteiger charge is 2.26. The molecule has 26 heavy (non-hydrogen) atoms. The molecule has 1 fully saturated rings. The Morgan fingerprint density at radius 3 is 2.50 bits per heavy atom. The lowest BCUT2D eigenvalue weighted by atomic mass is 10.2. The first-order valence-corrected chi connectivity index (χ1v) is 11.7. The molecule has 0 spiro atoms. The summed E-state index contributed by atoms with van der Waals surface area (Å²) in [7, 11) is -3.20. The third-order valence-electron chi connectivity index (χ3n) is 4.42. The van der Waals surface area contributed by atoms with Gasteiger partial charge in [-0.15, -0.1) is 11.3 Å². The lowest BCUT2D eigenvalue weighted by Gasteiger charge is -2.33. The van der Waals surface area contributed by atoms with Crippen LogP contribution in [0.1, 0.15) is 10.4 Å². The summed E-state index contributed by atoms with van der Waals surface area (Å²) >= 11 is 2.82. The van der Waals surface area contributed by atoms with Crippen molar-refractivity contribution in [3.05, 3.63) is 10.4 Å². The van der Waals surface area contributed by atoms with Gasteiger partial charge in [-0.3, -0.25) is 4.79 Å². The van der Waals surface area contributed by atoms with Crippen LogP contribution in [0.5, 0.6) is 0 Å². The number of aryl methyl sites for hydroxylation is 2. The molecule has 3 rings (SSSR count). The first kappa shape index (κ1) is 19.3. The highest BCUT2D eigenvalue weighted by molar-refractivity contribution is 7.99. The van der Waals surface area contributed by atoms with Gasteiger partial charge in [0.25, 0.3) is 0 Å². The summed E-state index contributed by atoms with van der Waals surface area (Å²) in [4.78, 5) is 24.9. The maximum atomic E-state index is 12.4. The first-order valence-electron chi connectivity index (χ1n) is 8.05. The minimum atomic E-state index is -3.20. The summed E-state index contributed by atoms with van der Waals surface area (Å²) in [5.41, 5.74) is 7.16. The molecule has 142 valence electrons. The van der Waals surface area contributed by atoms with Gasteiger partial charge in [-0.25, -0.2) is 18.4 Å². The number of anilines is 1. The third kappa shape index (κ3) is 3.95. The molecule has 2 aromatic heterocycles. The molecule has 0 bridgehead atoms. The highest BCUT2D eigenvalue weighted by atomic mass is 32.2. The van der Waals surface area contributed by atoms with Gasteiger partial charge in [0.15, 0.2) is 5.16 Å². The van der Waals surface area contributed by atoms with Crippen LogP contribution >= 0.6 is 23.1 Å². The van der Waals surface area contributed by atoms with Crippen molar-refractivity contribution in [2.45, 2.75) is 19.0 Å². The summed E-state index contributed by atoms with van der Waals surface area (Å²) < 4.78 is 24.5. The van der Waals surface area contributed by atoms with Crippen molar-refractivity contribution in [3.63, 3.8) is 0 Å². The van der Waals surface area contributed by atoms with E-state index in [1.54, 1.807) is 16.2 Å². The Kier molecular flexibility index (Phi) is 5.42. The number of nitrogens with two attached hydrogens (primary N) is 1. The van der Waals surface area contributed by atoms with Crippen LogP contribution in [-0.4, -0.2) is 71.7 Å². The number of carbonyl (C=O) groups is 1. The molecule has 0 aromatic carbocycles. The van der Waals surface area contributed by atoms with Crippen molar-refractivity contribution in [1.29, 1.82) is 0 Å². The Morgan fingerprint density at radius 1 is 1.23 bits per heavy atom. The van der Waals surface area contributed by atoms with Gasteiger partial charge in [0.05, 0.1) is 17.4 Å². The van der Waals surface area contributed by atoms with Gasteiger partial charge in [-0.1, -0.05) is 11.8 Å². The average Bonchev–Trinajstić information content (AvgIpc) is 2.86. The zero-order valence-corrected chi connectivity index (χ0v) is 17.3. The van der Waals surface area contributed by atoms with Crippen molar-refractivity contribution in [2.75, 3.05) is 43.9 Å². The molecule has 1 saturated heterocycles. The highest BCUT2D eigenvalue weighted by Crippen LogP contribution is 2.33. The van der Waals surface area contributed by atoms with Gasteiger partial charge in [0.1, 0.15) is 10.6 Å². The fourth-order valence-electron chi connectivity index (χ4n) is 2.81. The number of nitrogens with zero attached hydrogens (tertiary/aromatic N) is 4. The third-order valence-corrected chi connectivity index (χ3v) is 7.66. The van der Waals surface area contributed by atoms with E-state index < -0.39 is 10.0 Å². The Labute approximate surface area is 160 Å². The Hall–Kier alpha value is -1.43. The zero-order valence-electron chi connectivity index (χ0n) is 14.9. The molecule has 11 heteroatoms. The number of thiophene rings is 1. The van der Waals surface area contributed by atoms with E-state index in [4.69, 9.17) is 5.73 Å². The maximum absolute atomic E-state index is 12.4. The van der Waals surface area contributed by atoms with Crippen molar-refractivity contribution in [1.82, 2.24) is 19.2 Å². The zero-order chi connectivity index (χ0) is 19.1. The number of hydrogen-bond donors (Lipinski definition) is 1. The number of nitrogen functional groups attached to an aromatic ring is 1. The Morgan fingerprint density at radius 2 is 1.88 bits per heavy atom. The molecule has 0 unspecified atom stereocenters. The maximum Gasteiger partial charge on any atom is 0.233 e. The van der Waals surface area contributed by atoms with Crippen LogP contribution < -0.4 is 5.73 Å². The van der Waals surface area contributed by atoms with Crippen LogP contribution in [-0.2, 0) is 14.8 Å². The number of hydrogen-bond acceptors (Lipinski definition) is 8. The van der Waals surface area contributed by atoms with Gasteiger partial charge < -0.3 is 10.6 Å². The van der Waals surface area contributed by atoms with Crippen LogP contribution in [0.3, 0.4) is 0 Å². The van der Waals surface area contributed by atoms with E-state index in [2.05, 4.69) is 9.97 Å². The number of carbonyl (C=O) groups excluding carboxylic acids is 1. The van der Waals surface area contributed by atoms with Crippen LogP contribution in [0.25, 0.3) is 10.2 Å². The van der Waals surface area contributed by atoms with Gasteiger partial charge in [0, 0.05) is 31.1 Å². The van der Waals surface area contributed by atoms with Crippen LogP contribution in [0, 0.1) is 13.8 Å². The van der Waals surface area contributed by atoms with E-state index in [1.165, 1.54) is 22.3 Å².